The summed E-state index contributed by atoms with van der Waals surface area (Å²) < 4.78 is 32.5. The van der Waals surface area contributed by atoms with E-state index < -0.39 is 10.4 Å². The standard InChI is InChI=1S/C8H16O4S2/c1-2-3-4-5-6-7-8-13-12-14(9,10)11/h5-6H,2-4,7-8H2,1H3,(H,9,10,11). The van der Waals surface area contributed by atoms with Crippen molar-refractivity contribution >= 4 is 22.4 Å². The molecule has 0 atom stereocenters. The lowest BCUT2D eigenvalue weighted by Gasteiger charge is -1.95. The molecule has 0 radical (unpaired) electrons. The molecule has 0 aromatic carbocycles. The minimum Gasteiger partial charge on any atom is -0.263 e. The third-order valence-corrected chi connectivity index (χ3v) is 2.87. The minimum atomic E-state index is -4.29. The Bertz CT molecular complexity index is 246. The van der Waals surface area contributed by atoms with E-state index in [0.717, 1.165) is 24.9 Å². The van der Waals surface area contributed by atoms with Gasteiger partial charge in [-0.1, -0.05) is 31.9 Å². The van der Waals surface area contributed by atoms with Crippen molar-refractivity contribution in [1.82, 2.24) is 0 Å². The maximum Gasteiger partial charge on any atom is 0.408 e. The average molecular weight is 240 g/mol. The minimum absolute atomic E-state index is 0.516. The van der Waals surface area contributed by atoms with Crippen molar-refractivity contribution < 1.29 is 16.6 Å². The molecule has 0 bridgehead atoms. The van der Waals surface area contributed by atoms with Gasteiger partial charge in [-0.15, -0.1) is 0 Å². The van der Waals surface area contributed by atoms with Gasteiger partial charge in [-0.25, -0.2) is 0 Å². The molecule has 1 N–H and O–H groups in total. The Balaban J connectivity index is 3.25. The topological polar surface area (TPSA) is 63.6 Å². The van der Waals surface area contributed by atoms with Crippen molar-refractivity contribution in [2.45, 2.75) is 32.6 Å². The van der Waals surface area contributed by atoms with E-state index >= 15 is 0 Å². The van der Waals surface area contributed by atoms with Gasteiger partial charge in [-0.05, 0) is 12.8 Å². The molecule has 0 aromatic rings. The molecule has 4 nitrogen and oxygen atoms in total. The van der Waals surface area contributed by atoms with Crippen LogP contribution in [-0.4, -0.2) is 18.7 Å². The molecule has 0 heterocycles. The molecule has 0 unspecified atom stereocenters. The first kappa shape index (κ1) is 14.0. The van der Waals surface area contributed by atoms with E-state index in [1.165, 1.54) is 12.8 Å². The van der Waals surface area contributed by atoms with Gasteiger partial charge < -0.3 is 0 Å². The summed E-state index contributed by atoms with van der Waals surface area (Å²) >= 11 is 0.735. The molecule has 0 aliphatic carbocycles. The van der Waals surface area contributed by atoms with E-state index in [1.54, 1.807) is 0 Å². The van der Waals surface area contributed by atoms with Gasteiger partial charge in [0.1, 0.15) is 0 Å². The quantitative estimate of drug-likeness (QED) is 0.306. The lowest BCUT2D eigenvalue weighted by Crippen LogP contribution is -1.97. The fourth-order valence-corrected chi connectivity index (χ4v) is 1.76. The monoisotopic (exact) mass is 240 g/mol. The van der Waals surface area contributed by atoms with Crippen LogP contribution in [0.25, 0.3) is 0 Å². The van der Waals surface area contributed by atoms with Gasteiger partial charge in [0.25, 0.3) is 0 Å². The smallest absolute Gasteiger partial charge is 0.263 e. The Labute approximate surface area is 89.9 Å². The summed E-state index contributed by atoms with van der Waals surface area (Å²) in [5.74, 6) is 0.516. The Hall–Kier alpha value is -0.0400. The third-order valence-electron chi connectivity index (χ3n) is 1.39. The third kappa shape index (κ3) is 12.0. The van der Waals surface area contributed by atoms with Gasteiger partial charge in [0, 0.05) is 17.8 Å². The Morgan fingerprint density at radius 1 is 1.36 bits per heavy atom. The van der Waals surface area contributed by atoms with Crippen LogP contribution < -0.4 is 0 Å². The second-order valence-corrected chi connectivity index (χ2v) is 4.76. The van der Waals surface area contributed by atoms with Crippen molar-refractivity contribution in [2.24, 2.45) is 0 Å². The van der Waals surface area contributed by atoms with E-state index in [4.69, 9.17) is 4.55 Å². The van der Waals surface area contributed by atoms with Crippen LogP contribution in [0.4, 0.5) is 0 Å². The molecular weight excluding hydrogens is 224 g/mol. The van der Waals surface area contributed by atoms with Crippen molar-refractivity contribution in [3.05, 3.63) is 12.2 Å². The second kappa shape index (κ2) is 8.28. The van der Waals surface area contributed by atoms with Gasteiger partial charge in [-0.2, -0.15) is 12.0 Å². The predicted molar refractivity (Wildman–Crippen MR) is 58.4 cm³/mol. The highest BCUT2D eigenvalue weighted by Gasteiger charge is 2.03. The van der Waals surface area contributed by atoms with E-state index in [0.29, 0.717) is 5.75 Å². The normalized spacial score (nSPS) is 12.4. The number of unbranched alkanes of at least 4 members (excludes halogenated alkanes) is 2. The molecule has 0 saturated heterocycles. The maximum atomic E-state index is 10.1. The summed E-state index contributed by atoms with van der Waals surface area (Å²) in [6.45, 7) is 2.13. The van der Waals surface area contributed by atoms with Crippen LogP contribution in [0.15, 0.2) is 12.2 Å². The van der Waals surface area contributed by atoms with E-state index in [2.05, 4.69) is 16.6 Å². The van der Waals surface area contributed by atoms with Gasteiger partial charge in [0.2, 0.25) is 0 Å². The van der Waals surface area contributed by atoms with Crippen LogP contribution >= 0.6 is 12.0 Å². The molecule has 0 aliphatic rings. The zero-order valence-corrected chi connectivity index (χ0v) is 9.81. The van der Waals surface area contributed by atoms with Gasteiger partial charge in [0.15, 0.2) is 0 Å². The van der Waals surface area contributed by atoms with Crippen molar-refractivity contribution in [1.29, 1.82) is 0 Å². The van der Waals surface area contributed by atoms with Crippen LogP contribution in [0.5, 0.6) is 0 Å². The number of allylic oxidation sites excluding steroid dienone is 2. The molecule has 0 rings (SSSR count). The van der Waals surface area contributed by atoms with Crippen LogP contribution in [0.2, 0.25) is 0 Å². The Morgan fingerprint density at radius 3 is 2.57 bits per heavy atom. The lowest BCUT2D eigenvalue weighted by molar-refractivity contribution is 0.407. The molecule has 84 valence electrons. The fraction of sp³-hybridized carbons (Fsp3) is 0.750. The molecule has 0 saturated carbocycles. The van der Waals surface area contributed by atoms with Crippen LogP contribution in [0.1, 0.15) is 32.6 Å². The van der Waals surface area contributed by atoms with Gasteiger partial charge >= 0.3 is 10.4 Å². The average Bonchev–Trinajstić information content (AvgIpc) is 2.08. The van der Waals surface area contributed by atoms with Crippen molar-refractivity contribution in [3.63, 3.8) is 0 Å². The maximum absolute atomic E-state index is 10.1. The molecule has 6 heteroatoms. The molecule has 14 heavy (non-hydrogen) atoms. The highest BCUT2D eigenvalue weighted by molar-refractivity contribution is 8.02. The van der Waals surface area contributed by atoms with Crippen molar-refractivity contribution in [2.75, 3.05) is 5.75 Å². The number of hydrogen-bond acceptors (Lipinski definition) is 4. The highest BCUT2D eigenvalue weighted by atomic mass is 32.3. The summed E-state index contributed by atoms with van der Waals surface area (Å²) in [4.78, 5) is 0. The summed E-state index contributed by atoms with van der Waals surface area (Å²) in [6, 6.07) is 0. The SMILES string of the molecule is CCCCC=CCCSOS(=O)(=O)O. The number of hydrogen-bond donors (Lipinski definition) is 1. The highest BCUT2D eigenvalue weighted by Crippen LogP contribution is 2.08. The van der Waals surface area contributed by atoms with Crippen LogP contribution in [0, 0.1) is 0 Å². The molecule has 0 spiro atoms. The molecule has 0 aliphatic heterocycles. The Kier molecular flexibility index (Phi) is 8.26. The summed E-state index contributed by atoms with van der Waals surface area (Å²) in [7, 11) is -4.29. The summed E-state index contributed by atoms with van der Waals surface area (Å²) in [6.07, 6.45) is 8.19. The largest absolute Gasteiger partial charge is 0.408 e. The van der Waals surface area contributed by atoms with Crippen LogP contribution in [0.3, 0.4) is 0 Å². The first-order chi connectivity index (χ1) is 6.56. The van der Waals surface area contributed by atoms with Crippen LogP contribution in [-0.2, 0) is 14.0 Å². The summed E-state index contributed by atoms with van der Waals surface area (Å²) in [5, 5.41) is 0. The zero-order valence-electron chi connectivity index (χ0n) is 8.18. The first-order valence-electron chi connectivity index (χ1n) is 4.49. The van der Waals surface area contributed by atoms with E-state index in [9.17, 15) is 8.42 Å². The van der Waals surface area contributed by atoms with E-state index in [1.807, 2.05) is 6.08 Å². The Morgan fingerprint density at radius 2 is 2.00 bits per heavy atom. The molecular formula is C8H16O4S2. The lowest BCUT2D eigenvalue weighted by atomic mass is 10.2. The summed E-state index contributed by atoms with van der Waals surface area (Å²) in [5.41, 5.74) is 0. The molecule has 0 amide bonds. The molecule has 0 aromatic heterocycles. The van der Waals surface area contributed by atoms with Crippen molar-refractivity contribution in [3.8, 4) is 0 Å². The van der Waals surface area contributed by atoms with Gasteiger partial charge in [-0.3, -0.25) is 4.55 Å². The fourth-order valence-electron chi connectivity index (χ4n) is 0.769. The second-order valence-electron chi connectivity index (χ2n) is 2.72. The van der Waals surface area contributed by atoms with E-state index in [-0.39, 0.29) is 0 Å². The van der Waals surface area contributed by atoms with Gasteiger partial charge in [0.05, 0.1) is 0 Å². The number of rotatable bonds is 8. The predicted octanol–water partition coefficient (Wildman–Crippen LogP) is 2.59. The zero-order chi connectivity index (χ0) is 10.9. The first-order valence-corrected chi connectivity index (χ1v) is 6.77. The molecule has 0 fully saturated rings.